The minimum absolute atomic E-state index is 0.0293. The third kappa shape index (κ3) is 31.1. The molecule has 2 rings (SSSR count). The fourth-order valence-electron chi connectivity index (χ4n) is 7.46. The van der Waals surface area contributed by atoms with E-state index >= 15 is 0 Å². The molecule has 71 heavy (non-hydrogen) atoms. The summed E-state index contributed by atoms with van der Waals surface area (Å²) in [5.74, 6) is -1.36. The zero-order valence-corrected chi connectivity index (χ0v) is 43.9. The van der Waals surface area contributed by atoms with E-state index in [0.717, 1.165) is 101 Å². The van der Waals surface area contributed by atoms with Crippen molar-refractivity contribution in [2.75, 3.05) is 25.6 Å². The van der Waals surface area contributed by atoms with Crippen LogP contribution in [0, 0.1) is 0 Å². The van der Waals surface area contributed by atoms with E-state index in [0.29, 0.717) is 19.3 Å². The number of allylic oxidation sites excluding steroid dienone is 6. The molecule has 19 nitrogen and oxygen atoms in total. The molecule has 21 heteroatoms. The summed E-state index contributed by atoms with van der Waals surface area (Å²) in [6, 6.07) is 1.24. The van der Waals surface area contributed by atoms with Gasteiger partial charge >= 0.3 is 33.3 Å². The van der Waals surface area contributed by atoms with Crippen LogP contribution in [0.5, 0.6) is 0 Å². The van der Waals surface area contributed by atoms with Crippen molar-refractivity contribution in [2.45, 2.75) is 211 Å². The molecule has 1 aliphatic heterocycles. The molecule has 0 spiro atoms. The Morgan fingerprint density at radius 1 is 0.746 bits per heavy atom. The lowest BCUT2D eigenvalue weighted by Gasteiger charge is -2.21. The van der Waals surface area contributed by atoms with Crippen molar-refractivity contribution in [3.8, 4) is 0 Å². The number of rotatable bonds is 42. The van der Waals surface area contributed by atoms with Crippen molar-refractivity contribution in [1.29, 1.82) is 0 Å². The SMILES string of the molecule is CC/C=C/CC(O)/C=C/C=C/CCCCCCCC(=O)OC[C@H](COP(=O)(O)OP(=O)(O)OC[C@H]1O[C@@H](n2ccc(N)nc2=O)[C@H](O)[C@@H]1O)OC(=O)CCCCCCCCC/C=C\CCCCCCCC. The van der Waals surface area contributed by atoms with E-state index in [1.54, 1.807) is 6.08 Å². The number of aliphatic hydroxyl groups excluding tert-OH is 3. The van der Waals surface area contributed by atoms with Gasteiger partial charge in [0.1, 0.15) is 30.7 Å². The number of nitrogens with zero attached hydrogens (tertiary/aromatic N) is 2. The van der Waals surface area contributed by atoms with Gasteiger partial charge < -0.3 is 45.1 Å². The van der Waals surface area contributed by atoms with Crippen LogP contribution >= 0.6 is 15.6 Å². The molecule has 406 valence electrons. The smallest absolute Gasteiger partial charge is 0.462 e. The van der Waals surface area contributed by atoms with Crippen LogP contribution in [0.4, 0.5) is 5.82 Å². The van der Waals surface area contributed by atoms with Crippen LogP contribution in [0.1, 0.15) is 181 Å². The fraction of sp³-hybridized carbons (Fsp3) is 0.720. The summed E-state index contributed by atoms with van der Waals surface area (Å²) in [6.07, 6.45) is 32.3. The highest BCUT2D eigenvalue weighted by Crippen LogP contribution is 2.60. The lowest BCUT2D eigenvalue weighted by atomic mass is 10.1. The molecule has 1 fully saturated rings. The van der Waals surface area contributed by atoms with Crippen LogP contribution in [0.15, 0.2) is 65.7 Å². The molecule has 1 aliphatic rings. The van der Waals surface area contributed by atoms with Gasteiger partial charge in [-0.25, -0.2) is 13.9 Å². The summed E-state index contributed by atoms with van der Waals surface area (Å²) in [7, 11) is -10.9. The lowest BCUT2D eigenvalue weighted by Crippen LogP contribution is -2.36. The Hall–Kier alpha value is -3.32. The van der Waals surface area contributed by atoms with Crippen molar-refractivity contribution in [3.05, 3.63) is 71.4 Å². The molecule has 0 radical (unpaired) electrons. The summed E-state index contributed by atoms with van der Waals surface area (Å²) >= 11 is 0. The molecular weight excluding hydrogens is 961 g/mol. The number of hydrogen-bond donors (Lipinski definition) is 6. The Labute approximate surface area is 421 Å². The lowest BCUT2D eigenvalue weighted by molar-refractivity contribution is -0.161. The first-order valence-electron chi connectivity index (χ1n) is 25.8. The van der Waals surface area contributed by atoms with Crippen molar-refractivity contribution in [1.82, 2.24) is 9.55 Å². The van der Waals surface area contributed by atoms with Gasteiger partial charge in [0, 0.05) is 19.0 Å². The molecule has 7 N–H and O–H groups in total. The number of nitrogens with two attached hydrogens (primary N) is 1. The summed E-state index contributed by atoms with van der Waals surface area (Å²) < 4.78 is 56.8. The van der Waals surface area contributed by atoms with E-state index in [2.05, 4.69) is 28.4 Å². The Bertz CT molecular complexity index is 1890. The molecule has 1 saturated heterocycles. The largest absolute Gasteiger partial charge is 0.481 e. The number of phosphoric ester groups is 2. The summed E-state index contributed by atoms with van der Waals surface area (Å²) in [6.45, 7) is 1.91. The van der Waals surface area contributed by atoms with Crippen molar-refractivity contribution in [3.63, 3.8) is 0 Å². The molecule has 2 heterocycles. The second-order valence-corrected chi connectivity index (χ2v) is 20.9. The van der Waals surface area contributed by atoms with Crippen molar-refractivity contribution >= 4 is 33.4 Å². The van der Waals surface area contributed by atoms with Crippen molar-refractivity contribution in [2.24, 2.45) is 0 Å². The number of unbranched alkanes of at least 4 members (excludes halogenated alkanes) is 18. The number of carbonyl (C=O) groups is 2. The molecular formula is C50H85N3O16P2. The standard InChI is InChI=1S/C50H85N3O16P2/c1-3-5-7-8-9-10-11-12-13-14-15-16-17-20-24-27-31-35-46(56)67-42(38-64-45(55)34-30-26-23-21-18-19-22-25-29-33-41(54)32-28-6-4-2)39-65-70(60,61)69-71(62,63)66-40-43-47(57)48(58)49(68-43)53-37-36-44(51)52-50(53)59/h6,12-13,22,25,28-29,33,36-37,41-43,47-49,54,57-58H,3-5,7-11,14-21,23-24,26-27,30-32,34-35,38-40H2,1-2H3,(H,60,61)(H,62,63)(H2,51,52,59)/b13-12-,25-22+,28-6+,33-29+/t41?,42-,43-,47-,48-,49-/m1/s1. The zero-order valence-electron chi connectivity index (χ0n) is 42.1. The maximum absolute atomic E-state index is 12.9. The molecule has 0 aliphatic carbocycles. The van der Waals surface area contributed by atoms with Gasteiger partial charge in [-0.15, -0.1) is 0 Å². The average Bonchev–Trinajstić information content (AvgIpc) is 3.60. The van der Waals surface area contributed by atoms with Gasteiger partial charge in [-0.1, -0.05) is 146 Å². The molecule has 8 atom stereocenters. The minimum atomic E-state index is -5.44. The molecule has 0 amide bonds. The number of carbonyl (C=O) groups excluding carboxylic acids is 2. The van der Waals surface area contributed by atoms with Crippen LogP contribution in [-0.4, -0.2) is 96.9 Å². The quantitative estimate of drug-likeness (QED) is 0.0117. The molecule has 0 bridgehead atoms. The predicted octanol–water partition coefficient (Wildman–Crippen LogP) is 9.53. The van der Waals surface area contributed by atoms with Crippen LogP contribution < -0.4 is 11.4 Å². The number of ether oxygens (including phenoxy) is 3. The number of hydrogen-bond acceptors (Lipinski definition) is 16. The number of aromatic nitrogens is 2. The first kappa shape index (κ1) is 63.8. The van der Waals surface area contributed by atoms with E-state index in [1.807, 2.05) is 37.3 Å². The molecule has 1 aromatic heterocycles. The van der Waals surface area contributed by atoms with Gasteiger partial charge in [-0.05, 0) is 70.3 Å². The molecule has 0 aromatic carbocycles. The average molecular weight is 1050 g/mol. The Kier molecular flexibility index (Phi) is 34.4. The first-order chi connectivity index (χ1) is 34.1. The Morgan fingerprint density at radius 3 is 1.92 bits per heavy atom. The third-order valence-electron chi connectivity index (χ3n) is 11.5. The molecule has 3 unspecified atom stereocenters. The number of phosphoric acid groups is 2. The fourth-order valence-corrected chi connectivity index (χ4v) is 9.57. The van der Waals surface area contributed by atoms with Gasteiger partial charge in [-0.2, -0.15) is 9.29 Å². The second-order valence-electron chi connectivity index (χ2n) is 17.8. The van der Waals surface area contributed by atoms with Gasteiger partial charge in [0.05, 0.1) is 19.3 Å². The minimum Gasteiger partial charge on any atom is -0.462 e. The third-order valence-corrected chi connectivity index (χ3v) is 14.1. The normalized spacial score (nSPS) is 20.0. The van der Waals surface area contributed by atoms with Gasteiger partial charge in [0.25, 0.3) is 0 Å². The van der Waals surface area contributed by atoms with E-state index in [1.165, 1.54) is 44.6 Å². The highest BCUT2D eigenvalue weighted by Gasteiger charge is 2.46. The zero-order chi connectivity index (χ0) is 52.2. The highest BCUT2D eigenvalue weighted by molar-refractivity contribution is 7.61. The summed E-state index contributed by atoms with van der Waals surface area (Å²) in [4.78, 5) is 61.9. The number of esters is 2. The van der Waals surface area contributed by atoms with Crippen molar-refractivity contribution < 1.29 is 71.4 Å². The van der Waals surface area contributed by atoms with Gasteiger partial charge in [0.2, 0.25) is 0 Å². The number of anilines is 1. The number of nitrogen functional groups attached to an aromatic ring is 1. The molecule has 1 aromatic rings. The van der Waals surface area contributed by atoms with Crippen LogP contribution in [0.25, 0.3) is 0 Å². The summed E-state index contributed by atoms with van der Waals surface area (Å²) in [5, 5.41) is 30.8. The van der Waals surface area contributed by atoms with Crippen LogP contribution in [0.3, 0.4) is 0 Å². The van der Waals surface area contributed by atoms with E-state index in [9.17, 15) is 48.6 Å². The maximum Gasteiger partial charge on any atom is 0.481 e. The Morgan fingerprint density at radius 2 is 1.31 bits per heavy atom. The van der Waals surface area contributed by atoms with Crippen LogP contribution in [0.2, 0.25) is 0 Å². The monoisotopic (exact) mass is 1050 g/mol. The predicted molar refractivity (Wildman–Crippen MR) is 272 cm³/mol. The van der Waals surface area contributed by atoms with Gasteiger partial charge in [0.15, 0.2) is 12.3 Å². The van der Waals surface area contributed by atoms with E-state index < -0.39 is 89.8 Å². The van der Waals surface area contributed by atoms with Crippen LogP contribution in [-0.2, 0) is 46.3 Å². The van der Waals surface area contributed by atoms with Gasteiger partial charge in [-0.3, -0.25) is 23.2 Å². The van der Waals surface area contributed by atoms with E-state index in [4.69, 9.17) is 29.0 Å². The molecule has 0 saturated carbocycles. The first-order valence-corrected chi connectivity index (χ1v) is 28.7. The second kappa shape index (κ2) is 38.3. The highest BCUT2D eigenvalue weighted by atomic mass is 31.3. The maximum atomic E-state index is 12.9. The van der Waals surface area contributed by atoms with E-state index in [-0.39, 0.29) is 18.7 Å². The topological polar surface area (TPSA) is 286 Å². The summed E-state index contributed by atoms with van der Waals surface area (Å²) in [5.41, 5.74) is 4.58. The number of aliphatic hydroxyl groups is 3. The Balaban J connectivity index is 1.81.